The summed E-state index contributed by atoms with van der Waals surface area (Å²) in [7, 11) is 0. The van der Waals surface area contributed by atoms with Gasteiger partial charge in [-0.15, -0.1) is 0 Å². The number of aromatic nitrogens is 1. The average Bonchev–Trinajstić information content (AvgIpc) is 3.19. The van der Waals surface area contributed by atoms with Gasteiger partial charge in [-0.3, -0.25) is 9.78 Å². The standard InChI is InChI=1S/C25H21N3O/c29-24(17-20-7-3-6-19-8-4-15-26-25(19)20)27-21-10-12-22(13-11-21)28-16-14-18-5-1-2-9-23(18)28/h1-13,15H,14,16-17H2,(H,27,29). The van der Waals surface area contributed by atoms with Crippen LogP contribution in [0.25, 0.3) is 10.9 Å². The molecule has 0 spiro atoms. The molecule has 2 heterocycles. The van der Waals surface area contributed by atoms with Gasteiger partial charge in [-0.05, 0) is 53.9 Å². The second-order valence-electron chi connectivity index (χ2n) is 7.29. The number of para-hydroxylation sites is 2. The van der Waals surface area contributed by atoms with Crippen LogP contribution in [0.3, 0.4) is 0 Å². The molecule has 0 unspecified atom stereocenters. The van der Waals surface area contributed by atoms with E-state index in [4.69, 9.17) is 0 Å². The van der Waals surface area contributed by atoms with E-state index in [0.29, 0.717) is 6.42 Å². The van der Waals surface area contributed by atoms with Crippen LogP contribution in [0.15, 0.2) is 85.1 Å². The average molecular weight is 379 g/mol. The maximum absolute atomic E-state index is 12.6. The predicted octanol–water partition coefficient (Wildman–Crippen LogP) is 5.11. The molecule has 1 aliphatic rings. The summed E-state index contributed by atoms with van der Waals surface area (Å²) in [6, 6.07) is 26.4. The number of pyridine rings is 1. The second-order valence-corrected chi connectivity index (χ2v) is 7.29. The minimum atomic E-state index is -0.0394. The van der Waals surface area contributed by atoms with Crippen molar-refractivity contribution in [1.29, 1.82) is 0 Å². The van der Waals surface area contributed by atoms with Gasteiger partial charge < -0.3 is 10.2 Å². The van der Waals surface area contributed by atoms with Gasteiger partial charge in [0.15, 0.2) is 0 Å². The molecule has 0 fully saturated rings. The molecule has 1 aliphatic heterocycles. The maximum atomic E-state index is 12.6. The third kappa shape index (κ3) is 3.45. The minimum absolute atomic E-state index is 0.0394. The topological polar surface area (TPSA) is 45.2 Å². The summed E-state index contributed by atoms with van der Waals surface area (Å²) < 4.78 is 0. The summed E-state index contributed by atoms with van der Waals surface area (Å²) >= 11 is 0. The van der Waals surface area contributed by atoms with Crippen LogP contribution in [0.5, 0.6) is 0 Å². The van der Waals surface area contributed by atoms with Gasteiger partial charge >= 0.3 is 0 Å². The minimum Gasteiger partial charge on any atom is -0.341 e. The Labute approximate surface area is 169 Å². The van der Waals surface area contributed by atoms with Gasteiger partial charge in [0.25, 0.3) is 0 Å². The summed E-state index contributed by atoms with van der Waals surface area (Å²) in [4.78, 5) is 19.3. The number of benzene rings is 3. The Balaban J connectivity index is 1.29. The van der Waals surface area contributed by atoms with E-state index in [1.54, 1.807) is 6.20 Å². The summed E-state index contributed by atoms with van der Waals surface area (Å²) in [5.74, 6) is -0.0394. The molecular weight excluding hydrogens is 358 g/mol. The fraction of sp³-hybridized carbons (Fsp3) is 0.120. The van der Waals surface area contributed by atoms with E-state index in [9.17, 15) is 4.79 Å². The van der Waals surface area contributed by atoms with E-state index in [1.165, 1.54) is 11.3 Å². The van der Waals surface area contributed by atoms with E-state index in [1.807, 2.05) is 42.5 Å². The summed E-state index contributed by atoms with van der Waals surface area (Å²) in [5, 5.41) is 4.06. The summed E-state index contributed by atoms with van der Waals surface area (Å²) in [6.07, 6.45) is 3.13. The lowest BCUT2D eigenvalue weighted by Crippen LogP contribution is -2.15. The van der Waals surface area contributed by atoms with Gasteiger partial charge in [-0.2, -0.15) is 0 Å². The first-order valence-electron chi connectivity index (χ1n) is 9.86. The van der Waals surface area contributed by atoms with Crippen LogP contribution in [0, 0.1) is 0 Å². The largest absolute Gasteiger partial charge is 0.341 e. The molecule has 0 atom stereocenters. The summed E-state index contributed by atoms with van der Waals surface area (Å²) in [5.41, 5.74) is 6.42. The number of rotatable bonds is 4. The van der Waals surface area contributed by atoms with E-state index in [0.717, 1.165) is 40.8 Å². The molecule has 0 saturated heterocycles. The Bertz CT molecular complexity index is 1180. The first kappa shape index (κ1) is 17.4. The molecule has 5 rings (SSSR count). The van der Waals surface area contributed by atoms with Crippen molar-refractivity contribution in [3.63, 3.8) is 0 Å². The Morgan fingerprint density at radius 1 is 0.931 bits per heavy atom. The molecule has 4 nitrogen and oxygen atoms in total. The molecule has 4 heteroatoms. The molecular formula is C25H21N3O. The van der Waals surface area contributed by atoms with Crippen molar-refractivity contribution in [3.05, 3.63) is 96.2 Å². The van der Waals surface area contributed by atoms with Crippen molar-refractivity contribution in [2.75, 3.05) is 16.8 Å². The van der Waals surface area contributed by atoms with Crippen LogP contribution in [0.1, 0.15) is 11.1 Å². The lowest BCUT2D eigenvalue weighted by molar-refractivity contribution is -0.115. The summed E-state index contributed by atoms with van der Waals surface area (Å²) in [6.45, 7) is 0.985. The van der Waals surface area contributed by atoms with Gasteiger partial charge in [-0.1, -0.05) is 42.5 Å². The number of carbonyl (C=O) groups excluding carboxylic acids is 1. The number of hydrogen-bond donors (Lipinski definition) is 1. The number of nitrogens with one attached hydrogen (secondary N) is 1. The van der Waals surface area contributed by atoms with Crippen LogP contribution < -0.4 is 10.2 Å². The highest BCUT2D eigenvalue weighted by Gasteiger charge is 2.19. The number of nitrogens with zero attached hydrogens (tertiary/aromatic N) is 2. The van der Waals surface area contributed by atoms with Crippen LogP contribution in [0.4, 0.5) is 17.1 Å². The van der Waals surface area contributed by atoms with Crippen LogP contribution in [0.2, 0.25) is 0 Å². The normalized spacial score (nSPS) is 12.8. The first-order chi connectivity index (χ1) is 14.3. The van der Waals surface area contributed by atoms with Crippen molar-refractivity contribution in [2.24, 2.45) is 0 Å². The van der Waals surface area contributed by atoms with Crippen molar-refractivity contribution < 1.29 is 4.79 Å². The SMILES string of the molecule is O=C(Cc1cccc2cccnc12)Nc1ccc(N2CCc3ccccc32)cc1. The molecule has 4 aromatic rings. The fourth-order valence-corrected chi connectivity index (χ4v) is 4.02. The number of fused-ring (bicyclic) bond motifs is 2. The highest BCUT2D eigenvalue weighted by atomic mass is 16.1. The highest BCUT2D eigenvalue weighted by molar-refractivity contribution is 5.95. The monoisotopic (exact) mass is 379 g/mol. The Kier molecular flexibility index (Phi) is 4.45. The van der Waals surface area contributed by atoms with Crippen molar-refractivity contribution in [3.8, 4) is 0 Å². The zero-order valence-electron chi connectivity index (χ0n) is 16.0. The third-order valence-corrected chi connectivity index (χ3v) is 5.42. The fourth-order valence-electron chi connectivity index (χ4n) is 4.02. The van der Waals surface area contributed by atoms with Gasteiger partial charge in [0, 0.05) is 35.2 Å². The lowest BCUT2D eigenvalue weighted by atomic mass is 10.1. The molecule has 0 bridgehead atoms. The number of amides is 1. The smallest absolute Gasteiger partial charge is 0.228 e. The number of anilines is 3. The highest BCUT2D eigenvalue weighted by Crippen LogP contribution is 2.34. The molecule has 0 saturated carbocycles. The second kappa shape index (κ2) is 7.40. The molecule has 1 N–H and O–H groups in total. The van der Waals surface area contributed by atoms with Gasteiger partial charge in [-0.25, -0.2) is 0 Å². The van der Waals surface area contributed by atoms with Gasteiger partial charge in [0.2, 0.25) is 5.91 Å². The lowest BCUT2D eigenvalue weighted by Gasteiger charge is -2.20. The molecule has 142 valence electrons. The quantitative estimate of drug-likeness (QED) is 0.536. The van der Waals surface area contributed by atoms with Crippen molar-refractivity contribution in [1.82, 2.24) is 4.98 Å². The number of hydrogen-bond acceptors (Lipinski definition) is 3. The van der Waals surface area contributed by atoms with E-state index < -0.39 is 0 Å². The van der Waals surface area contributed by atoms with E-state index in [2.05, 4.69) is 51.6 Å². The Hall–Kier alpha value is -3.66. The van der Waals surface area contributed by atoms with E-state index in [-0.39, 0.29) is 5.91 Å². The van der Waals surface area contributed by atoms with Crippen molar-refractivity contribution in [2.45, 2.75) is 12.8 Å². The molecule has 1 aromatic heterocycles. The zero-order chi connectivity index (χ0) is 19.6. The van der Waals surface area contributed by atoms with Gasteiger partial charge in [0.1, 0.15) is 0 Å². The first-order valence-corrected chi connectivity index (χ1v) is 9.86. The van der Waals surface area contributed by atoms with Gasteiger partial charge in [0.05, 0.1) is 11.9 Å². The Morgan fingerprint density at radius 2 is 1.76 bits per heavy atom. The molecule has 0 aliphatic carbocycles. The van der Waals surface area contributed by atoms with Crippen LogP contribution in [-0.2, 0) is 17.6 Å². The molecule has 29 heavy (non-hydrogen) atoms. The third-order valence-electron chi connectivity index (χ3n) is 5.42. The van der Waals surface area contributed by atoms with Crippen LogP contribution in [-0.4, -0.2) is 17.4 Å². The van der Waals surface area contributed by atoms with Crippen molar-refractivity contribution >= 4 is 33.9 Å². The van der Waals surface area contributed by atoms with E-state index >= 15 is 0 Å². The Morgan fingerprint density at radius 3 is 2.66 bits per heavy atom. The zero-order valence-corrected chi connectivity index (χ0v) is 16.0. The number of carbonyl (C=O) groups is 1. The molecule has 0 radical (unpaired) electrons. The predicted molar refractivity (Wildman–Crippen MR) is 118 cm³/mol. The van der Waals surface area contributed by atoms with Crippen LogP contribution >= 0.6 is 0 Å². The molecule has 3 aromatic carbocycles. The maximum Gasteiger partial charge on any atom is 0.228 e. The molecule has 1 amide bonds.